The maximum absolute atomic E-state index is 13.2. The lowest BCUT2D eigenvalue weighted by atomic mass is 10.0. The number of unbranched alkanes of at least 4 members (excludes halogenated alkanes) is 1. The molecule has 0 radical (unpaired) electrons. The standard InChI is InChI=1S/C26H27FN2O3S/c1-2-3-5-19-7-13-23(14-8-19)28-33(31,32)24-15-16-25-21(18-24)6-4-17-29(25)26(30)20-9-11-22(27)12-10-20/h7-16,18,28H,2-6,17H2,1H3. The minimum absolute atomic E-state index is 0.160. The van der Waals surface area contributed by atoms with Crippen LogP contribution in [0.3, 0.4) is 0 Å². The fraction of sp³-hybridized carbons (Fsp3) is 0.269. The van der Waals surface area contributed by atoms with Gasteiger partial charge in [-0.25, -0.2) is 12.8 Å². The van der Waals surface area contributed by atoms with Gasteiger partial charge in [-0.3, -0.25) is 9.52 Å². The van der Waals surface area contributed by atoms with Crippen molar-refractivity contribution in [1.82, 2.24) is 0 Å². The van der Waals surface area contributed by atoms with E-state index in [0.29, 0.717) is 29.9 Å². The van der Waals surface area contributed by atoms with Crippen molar-refractivity contribution in [3.63, 3.8) is 0 Å². The molecule has 0 saturated carbocycles. The van der Waals surface area contributed by atoms with Gasteiger partial charge in [0.15, 0.2) is 0 Å². The number of carbonyl (C=O) groups excluding carboxylic acids is 1. The monoisotopic (exact) mass is 466 g/mol. The van der Waals surface area contributed by atoms with E-state index in [1.54, 1.807) is 29.2 Å². The maximum atomic E-state index is 13.2. The Morgan fingerprint density at radius 2 is 1.76 bits per heavy atom. The summed E-state index contributed by atoms with van der Waals surface area (Å²) in [5, 5.41) is 0. The molecule has 3 aromatic rings. The molecule has 0 spiro atoms. The number of rotatable bonds is 7. The normalized spacial score (nSPS) is 13.5. The Labute approximate surface area is 194 Å². The molecule has 1 N–H and O–H groups in total. The van der Waals surface area contributed by atoms with Crippen molar-refractivity contribution in [2.75, 3.05) is 16.2 Å². The van der Waals surface area contributed by atoms with Gasteiger partial charge in [-0.15, -0.1) is 0 Å². The lowest BCUT2D eigenvalue weighted by molar-refractivity contribution is 0.0985. The summed E-state index contributed by atoms with van der Waals surface area (Å²) in [6, 6.07) is 17.7. The van der Waals surface area contributed by atoms with Gasteiger partial charge in [-0.1, -0.05) is 25.5 Å². The summed E-state index contributed by atoms with van der Waals surface area (Å²) >= 11 is 0. The van der Waals surface area contributed by atoms with E-state index in [1.807, 2.05) is 12.1 Å². The molecular formula is C26H27FN2O3S. The molecule has 5 nitrogen and oxygen atoms in total. The highest BCUT2D eigenvalue weighted by molar-refractivity contribution is 7.92. The first-order chi connectivity index (χ1) is 15.9. The second-order valence-electron chi connectivity index (χ2n) is 8.26. The molecule has 7 heteroatoms. The van der Waals surface area contributed by atoms with Crippen LogP contribution in [0.1, 0.15) is 47.7 Å². The van der Waals surface area contributed by atoms with Crippen LogP contribution in [-0.4, -0.2) is 20.9 Å². The number of hydrogen-bond acceptors (Lipinski definition) is 3. The fourth-order valence-corrected chi connectivity index (χ4v) is 5.14. The summed E-state index contributed by atoms with van der Waals surface area (Å²) < 4.78 is 41.8. The summed E-state index contributed by atoms with van der Waals surface area (Å²) in [5.74, 6) is -0.628. The lowest BCUT2D eigenvalue weighted by Gasteiger charge is -2.30. The van der Waals surface area contributed by atoms with E-state index in [2.05, 4.69) is 11.6 Å². The van der Waals surface area contributed by atoms with Gasteiger partial charge in [0.05, 0.1) is 4.90 Å². The zero-order valence-corrected chi connectivity index (χ0v) is 19.4. The molecule has 172 valence electrons. The van der Waals surface area contributed by atoms with Crippen molar-refractivity contribution in [3.05, 3.63) is 89.2 Å². The first-order valence-corrected chi connectivity index (χ1v) is 12.7. The van der Waals surface area contributed by atoms with Crippen LogP contribution >= 0.6 is 0 Å². The Balaban J connectivity index is 1.54. The van der Waals surface area contributed by atoms with Crippen molar-refractivity contribution >= 4 is 27.3 Å². The van der Waals surface area contributed by atoms with E-state index in [9.17, 15) is 17.6 Å². The van der Waals surface area contributed by atoms with E-state index < -0.39 is 15.8 Å². The van der Waals surface area contributed by atoms with Crippen LogP contribution in [0, 0.1) is 5.82 Å². The number of amides is 1. The molecule has 1 heterocycles. The molecular weight excluding hydrogens is 439 g/mol. The van der Waals surface area contributed by atoms with Crippen LogP contribution in [0.25, 0.3) is 0 Å². The second kappa shape index (κ2) is 9.75. The molecule has 4 rings (SSSR count). The van der Waals surface area contributed by atoms with Gasteiger partial charge >= 0.3 is 0 Å². The number of halogens is 1. The van der Waals surface area contributed by atoms with Gasteiger partial charge in [0, 0.05) is 23.5 Å². The molecule has 0 fully saturated rings. The summed E-state index contributed by atoms with van der Waals surface area (Å²) in [6.45, 7) is 2.66. The Morgan fingerprint density at radius 1 is 1.03 bits per heavy atom. The van der Waals surface area contributed by atoms with Gasteiger partial charge in [0.25, 0.3) is 15.9 Å². The highest BCUT2D eigenvalue weighted by Crippen LogP contribution is 2.31. The van der Waals surface area contributed by atoms with E-state index in [4.69, 9.17) is 0 Å². The highest BCUT2D eigenvalue weighted by Gasteiger charge is 2.25. The third kappa shape index (κ3) is 5.25. The molecule has 1 aliphatic heterocycles. The Kier molecular flexibility index (Phi) is 6.79. The Morgan fingerprint density at radius 3 is 2.45 bits per heavy atom. The molecule has 3 aromatic carbocycles. The van der Waals surface area contributed by atoms with Crippen molar-refractivity contribution in [2.45, 2.75) is 43.9 Å². The smallest absolute Gasteiger partial charge is 0.261 e. The number of sulfonamides is 1. The number of nitrogens with one attached hydrogen (secondary N) is 1. The van der Waals surface area contributed by atoms with E-state index in [0.717, 1.165) is 31.2 Å². The highest BCUT2D eigenvalue weighted by atomic mass is 32.2. The zero-order valence-electron chi connectivity index (χ0n) is 18.6. The molecule has 0 aliphatic carbocycles. The quantitative estimate of drug-likeness (QED) is 0.496. The second-order valence-corrected chi connectivity index (χ2v) is 9.95. The summed E-state index contributed by atoms with van der Waals surface area (Å²) in [4.78, 5) is 14.8. The third-order valence-corrected chi connectivity index (χ3v) is 7.22. The van der Waals surface area contributed by atoms with Gasteiger partial charge in [0.2, 0.25) is 0 Å². The molecule has 1 aliphatic rings. The van der Waals surface area contributed by atoms with Crippen LogP contribution in [-0.2, 0) is 22.9 Å². The number of fused-ring (bicyclic) bond motifs is 1. The van der Waals surface area contributed by atoms with Crippen LogP contribution in [0.4, 0.5) is 15.8 Å². The molecule has 33 heavy (non-hydrogen) atoms. The van der Waals surface area contributed by atoms with Gasteiger partial charge in [-0.2, -0.15) is 0 Å². The molecule has 1 amide bonds. The first-order valence-electron chi connectivity index (χ1n) is 11.2. The Bertz CT molecular complexity index is 1240. The third-order valence-electron chi connectivity index (χ3n) is 5.84. The molecule has 0 atom stereocenters. The van der Waals surface area contributed by atoms with Crippen molar-refractivity contribution in [2.24, 2.45) is 0 Å². The minimum atomic E-state index is -3.77. The minimum Gasteiger partial charge on any atom is -0.308 e. The maximum Gasteiger partial charge on any atom is 0.261 e. The molecule has 0 saturated heterocycles. The number of nitrogens with zero attached hydrogens (tertiary/aromatic N) is 1. The summed E-state index contributed by atoms with van der Waals surface area (Å²) in [7, 11) is -3.77. The van der Waals surface area contributed by atoms with Gasteiger partial charge in [0.1, 0.15) is 5.82 Å². The number of benzene rings is 3. The van der Waals surface area contributed by atoms with Crippen molar-refractivity contribution < 1.29 is 17.6 Å². The van der Waals surface area contributed by atoms with Gasteiger partial charge in [-0.05, 0) is 91.4 Å². The van der Waals surface area contributed by atoms with Crippen LogP contribution < -0.4 is 9.62 Å². The zero-order chi connectivity index (χ0) is 23.4. The van der Waals surface area contributed by atoms with Crippen molar-refractivity contribution in [3.8, 4) is 0 Å². The number of carbonyl (C=O) groups is 1. The number of hydrogen-bond donors (Lipinski definition) is 1. The topological polar surface area (TPSA) is 66.5 Å². The van der Waals surface area contributed by atoms with Crippen molar-refractivity contribution in [1.29, 1.82) is 0 Å². The first kappa shape index (κ1) is 23.0. The van der Waals surface area contributed by atoms with E-state index in [-0.39, 0.29) is 10.8 Å². The number of anilines is 2. The van der Waals surface area contributed by atoms with E-state index in [1.165, 1.54) is 35.9 Å². The van der Waals surface area contributed by atoms with Crippen LogP contribution in [0.2, 0.25) is 0 Å². The number of aryl methyl sites for hydroxylation is 2. The van der Waals surface area contributed by atoms with Crippen LogP contribution in [0.5, 0.6) is 0 Å². The average molecular weight is 467 g/mol. The largest absolute Gasteiger partial charge is 0.308 e. The Hall–Kier alpha value is -3.19. The summed E-state index contributed by atoms with van der Waals surface area (Å²) in [6.07, 6.45) is 4.58. The SMILES string of the molecule is CCCCc1ccc(NS(=O)(=O)c2ccc3c(c2)CCCN3C(=O)c2ccc(F)cc2)cc1. The van der Waals surface area contributed by atoms with Crippen LogP contribution in [0.15, 0.2) is 71.6 Å². The molecule has 0 aromatic heterocycles. The fourth-order valence-electron chi connectivity index (χ4n) is 4.03. The average Bonchev–Trinajstić information content (AvgIpc) is 2.82. The predicted molar refractivity (Wildman–Crippen MR) is 129 cm³/mol. The lowest BCUT2D eigenvalue weighted by Crippen LogP contribution is -2.35. The predicted octanol–water partition coefficient (Wildman–Crippen LogP) is 5.56. The van der Waals surface area contributed by atoms with Gasteiger partial charge < -0.3 is 4.90 Å². The summed E-state index contributed by atoms with van der Waals surface area (Å²) in [5.41, 5.74) is 3.58. The van der Waals surface area contributed by atoms with E-state index >= 15 is 0 Å². The molecule has 0 unspecified atom stereocenters. The molecule has 0 bridgehead atoms.